The molecule has 2 nitrogen and oxygen atoms in total. The van der Waals surface area contributed by atoms with Crippen molar-refractivity contribution < 1.29 is 0 Å². The number of piperidine rings is 1. The first-order valence-electron chi connectivity index (χ1n) is 11.1. The lowest BCUT2D eigenvalue weighted by atomic mass is 9.87. The van der Waals surface area contributed by atoms with E-state index < -0.39 is 0 Å². The summed E-state index contributed by atoms with van der Waals surface area (Å²) >= 11 is 0. The van der Waals surface area contributed by atoms with Gasteiger partial charge in [-0.3, -0.25) is 9.80 Å². The average Bonchev–Trinajstić information content (AvgIpc) is 3.04. The van der Waals surface area contributed by atoms with Gasteiger partial charge in [-0.2, -0.15) is 0 Å². The van der Waals surface area contributed by atoms with E-state index in [1.165, 1.54) is 38.6 Å². The Balaban J connectivity index is 1.62. The van der Waals surface area contributed by atoms with Gasteiger partial charge in [-0.25, -0.2) is 0 Å². The van der Waals surface area contributed by atoms with Crippen molar-refractivity contribution in [3.8, 4) is 0 Å². The first-order chi connectivity index (χ1) is 12.5. The van der Waals surface area contributed by atoms with Crippen molar-refractivity contribution in [2.45, 2.75) is 91.4 Å². The number of fused-ring (bicyclic) bond motifs is 1. The van der Waals surface area contributed by atoms with Crippen LogP contribution in [0.5, 0.6) is 0 Å². The number of hydrogen-bond donors (Lipinski definition) is 0. The van der Waals surface area contributed by atoms with E-state index in [4.69, 9.17) is 0 Å². The molecule has 26 heavy (non-hydrogen) atoms. The van der Waals surface area contributed by atoms with Gasteiger partial charge >= 0.3 is 0 Å². The molecule has 1 aromatic carbocycles. The molecule has 2 aliphatic heterocycles. The van der Waals surface area contributed by atoms with E-state index in [-0.39, 0.29) is 0 Å². The average molecular weight is 357 g/mol. The summed E-state index contributed by atoms with van der Waals surface area (Å²) in [5.41, 5.74) is 3.14. The Morgan fingerprint density at radius 1 is 1.04 bits per heavy atom. The van der Waals surface area contributed by atoms with Gasteiger partial charge in [0.1, 0.15) is 0 Å². The molecule has 0 spiro atoms. The molecule has 1 saturated heterocycles. The lowest BCUT2D eigenvalue weighted by molar-refractivity contribution is 0.0632. The third-order valence-electron chi connectivity index (χ3n) is 7.05. The van der Waals surface area contributed by atoms with E-state index in [9.17, 15) is 0 Å². The predicted molar refractivity (Wildman–Crippen MR) is 112 cm³/mol. The fourth-order valence-electron chi connectivity index (χ4n) is 5.53. The molecule has 1 fully saturated rings. The zero-order valence-electron chi connectivity index (χ0n) is 17.7. The molecule has 3 rings (SSSR count). The maximum absolute atomic E-state index is 2.83. The van der Waals surface area contributed by atoms with Crippen molar-refractivity contribution in [1.29, 1.82) is 0 Å². The van der Waals surface area contributed by atoms with E-state index in [0.717, 1.165) is 37.0 Å². The molecule has 4 atom stereocenters. The van der Waals surface area contributed by atoms with Crippen LogP contribution < -0.4 is 0 Å². The Morgan fingerprint density at radius 2 is 1.81 bits per heavy atom. The maximum Gasteiger partial charge on any atom is 0.0380 e. The first kappa shape index (κ1) is 19.9. The summed E-state index contributed by atoms with van der Waals surface area (Å²) in [5.74, 6) is 1.51. The minimum Gasteiger partial charge on any atom is -0.297 e. The van der Waals surface area contributed by atoms with Crippen molar-refractivity contribution in [2.24, 2.45) is 11.8 Å². The van der Waals surface area contributed by atoms with Gasteiger partial charge in [0, 0.05) is 24.7 Å². The molecule has 2 aliphatic rings. The van der Waals surface area contributed by atoms with Crippen molar-refractivity contribution in [3.63, 3.8) is 0 Å². The predicted octanol–water partition coefficient (Wildman–Crippen LogP) is 5.88. The SMILES string of the molecule is CCN1Cc2ccccc2C1C(C)CCC(C)N1CCCCC1C(C)C. The van der Waals surface area contributed by atoms with Crippen molar-refractivity contribution in [2.75, 3.05) is 13.1 Å². The lowest BCUT2D eigenvalue weighted by Crippen LogP contribution is -2.47. The molecule has 1 aromatic rings. The Kier molecular flexibility index (Phi) is 6.80. The van der Waals surface area contributed by atoms with E-state index in [0.29, 0.717) is 6.04 Å². The van der Waals surface area contributed by atoms with Crippen LogP contribution in [0.3, 0.4) is 0 Å². The second kappa shape index (κ2) is 8.89. The highest BCUT2D eigenvalue weighted by molar-refractivity contribution is 5.34. The summed E-state index contributed by atoms with van der Waals surface area (Å²) in [6.45, 7) is 15.7. The third-order valence-corrected chi connectivity index (χ3v) is 7.05. The Morgan fingerprint density at radius 3 is 2.54 bits per heavy atom. The van der Waals surface area contributed by atoms with Crippen LogP contribution in [-0.2, 0) is 6.54 Å². The van der Waals surface area contributed by atoms with Crippen LogP contribution in [0.25, 0.3) is 0 Å². The van der Waals surface area contributed by atoms with Crippen molar-refractivity contribution in [3.05, 3.63) is 35.4 Å². The summed E-state index contributed by atoms with van der Waals surface area (Å²) in [5, 5.41) is 0. The van der Waals surface area contributed by atoms with Crippen LogP contribution in [0.4, 0.5) is 0 Å². The number of nitrogens with zero attached hydrogens (tertiary/aromatic N) is 2. The van der Waals surface area contributed by atoms with Gasteiger partial charge in [0.2, 0.25) is 0 Å². The molecule has 2 heteroatoms. The zero-order valence-corrected chi connectivity index (χ0v) is 17.7. The lowest BCUT2D eigenvalue weighted by Gasteiger charge is -2.42. The maximum atomic E-state index is 2.83. The molecule has 0 radical (unpaired) electrons. The summed E-state index contributed by atoms with van der Waals surface area (Å²) in [6.07, 6.45) is 6.88. The fraction of sp³-hybridized carbons (Fsp3) is 0.750. The molecular weight excluding hydrogens is 316 g/mol. The topological polar surface area (TPSA) is 6.48 Å². The largest absolute Gasteiger partial charge is 0.297 e. The Hall–Kier alpha value is -0.860. The molecule has 0 saturated carbocycles. The van der Waals surface area contributed by atoms with Crippen LogP contribution in [0.1, 0.15) is 83.9 Å². The second-order valence-electron chi connectivity index (χ2n) is 9.16. The molecule has 0 N–H and O–H groups in total. The van der Waals surface area contributed by atoms with Crippen LogP contribution in [-0.4, -0.2) is 35.0 Å². The van der Waals surface area contributed by atoms with E-state index in [1.54, 1.807) is 11.1 Å². The Bertz CT molecular complexity index is 567. The van der Waals surface area contributed by atoms with E-state index in [2.05, 4.69) is 68.7 Å². The molecular formula is C24H40N2. The molecule has 4 unspecified atom stereocenters. The minimum absolute atomic E-state index is 0.616. The zero-order chi connectivity index (χ0) is 18.7. The summed E-state index contributed by atoms with van der Waals surface area (Å²) in [7, 11) is 0. The van der Waals surface area contributed by atoms with Crippen LogP contribution in [0, 0.1) is 11.8 Å². The number of rotatable bonds is 7. The monoisotopic (exact) mass is 356 g/mol. The van der Waals surface area contributed by atoms with Crippen molar-refractivity contribution in [1.82, 2.24) is 9.80 Å². The summed E-state index contributed by atoms with van der Waals surface area (Å²) in [6, 6.07) is 11.3. The fourth-order valence-corrected chi connectivity index (χ4v) is 5.53. The van der Waals surface area contributed by atoms with Gasteiger partial charge in [-0.1, -0.05) is 58.4 Å². The normalized spacial score (nSPS) is 26.8. The van der Waals surface area contributed by atoms with Gasteiger partial charge in [0.25, 0.3) is 0 Å². The molecule has 146 valence electrons. The second-order valence-corrected chi connectivity index (χ2v) is 9.16. The molecule has 0 amide bonds. The van der Waals surface area contributed by atoms with Gasteiger partial charge in [0.05, 0.1) is 0 Å². The highest BCUT2D eigenvalue weighted by Gasteiger charge is 2.34. The summed E-state index contributed by atoms with van der Waals surface area (Å²) < 4.78 is 0. The number of benzene rings is 1. The number of likely N-dealkylation sites (tertiary alicyclic amines) is 1. The minimum atomic E-state index is 0.616. The highest BCUT2D eigenvalue weighted by Crippen LogP contribution is 2.40. The first-order valence-corrected chi connectivity index (χ1v) is 11.1. The quantitative estimate of drug-likeness (QED) is 0.602. The van der Waals surface area contributed by atoms with Gasteiger partial charge in [0.15, 0.2) is 0 Å². The molecule has 2 heterocycles. The molecule has 0 aromatic heterocycles. The van der Waals surface area contributed by atoms with E-state index >= 15 is 0 Å². The van der Waals surface area contributed by atoms with Crippen LogP contribution in [0.2, 0.25) is 0 Å². The smallest absolute Gasteiger partial charge is 0.0380 e. The standard InChI is InChI=1S/C24H40N2/c1-6-25-17-21-11-7-8-12-22(21)24(25)19(4)14-15-20(5)26-16-10-9-13-23(26)18(2)3/h7-8,11-12,18-20,23-24H,6,9-10,13-17H2,1-5H3. The Labute approximate surface area is 162 Å². The highest BCUT2D eigenvalue weighted by atomic mass is 15.2. The van der Waals surface area contributed by atoms with Crippen LogP contribution in [0.15, 0.2) is 24.3 Å². The molecule has 0 aliphatic carbocycles. The van der Waals surface area contributed by atoms with Gasteiger partial charge in [-0.15, -0.1) is 0 Å². The number of hydrogen-bond acceptors (Lipinski definition) is 2. The molecule has 0 bridgehead atoms. The van der Waals surface area contributed by atoms with Crippen molar-refractivity contribution >= 4 is 0 Å². The summed E-state index contributed by atoms with van der Waals surface area (Å²) in [4.78, 5) is 5.51. The van der Waals surface area contributed by atoms with E-state index in [1.807, 2.05) is 0 Å². The van der Waals surface area contributed by atoms with Crippen LogP contribution >= 0.6 is 0 Å². The van der Waals surface area contributed by atoms with Gasteiger partial charge < -0.3 is 0 Å². The third kappa shape index (κ3) is 4.17. The van der Waals surface area contributed by atoms with Gasteiger partial charge in [-0.05, 0) is 68.7 Å².